The zero-order chi connectivity index (χ0) is 19.3. The first-order chi connectivity index (χ1) is 12.9. The van der Waals surface area contributed by atoms with Gasteiger partial charge in [0.05, 0.1) is 5.75 Å². The van der Waals surface area contributed by atoms with E-state index in [0.29, 0.717) is 36.4 Å². The smallest absolute Gasteiger partial charge is 0.251 e. The molecule has 2 aliphatic heterocycles. The summed E-state index contributed by atoms with van der Waals surface area (Å²) >= 11 is 0. The lowest BCUT2D eigenvalue weighted by Gasteiger charge is -2.15. The molecule has 2 amide bonds. The van der Waals surface area contributed by atoms with Gasteiger partial charge in [-0.2, -0.15) is 0 Å². The number of likely N-dealkylation sites (tertiary alicyclic amines) is 1. The van der Waals surface area contributed by atoms with Gasteiger partial charge in [0.25, 0.3) is 5.91 Å². The van der Waals surface area contributed by atoms with Gasteiger partial charge in [0.15, 0.2) is 11.5 Å². The normalized spacial score (nSPS) is 16.0. The van der Waals surface area contributed by atoms with Crippen LogP contribution in [-0.4, -0.2) is 63.9 Å². The lowest BCUT2D eigenvalue weighted by atomic mass is 10.2. The van der Waals surface area contributed by atoms with E-state index in [-0.39, 0.29) is 37.4 Å². The molecule has 27 heavy (non-hydrogen) atoms. The summed E-state index contributed by atoms with van der Waals surface area (Å²) in [4.78, 5) is 25.3. The van der Waals surface area contributed by atoms with Gasteiger partial charge in [0.2, 0.25) is 22.7 Å². The molecule has 148 valence electrons. The fourth-order valence-corrected chi connectivity index (χ4v) is 3.92. The van der Waals surface area contributed by atoms with Crippen LogP contribution in [0, 0.1) is 0 Å². The lowest BCUT2D eigenvalue weighted by Crippen LogP contribution is -2.36. The summed E-state index contributed by atoms with van der Waals surface area (Å²) in [7, 11) is -3.49. The number of ether oxygens (including phenoxy) is 2. The van der Waals surface area contributed by atoms with Gasteiger partial charge in [-0.15, -0.1) is 0 Å². The van der Waals surface area contributed by atoms with Gasteiger partial charge in [0, 0.05) is 38.2 Å². The minimum Gasteiger partial charge on any atom is -0.454 e. The maximum absolute atomic E-state index is 12.1. The van der Waals surface area contributed by atoms with Crippen LogP contribution in [0.3, 0.4) is 0 Å². The third-order valence-electron chi connectivity index (χ3n) is 4.39. The molecule has 2 heterocycles. The highest BCUT2D eigenvalue weighted by Gasteiger charge is 2.20. The van der Waals surface area contributed by atoms with E-state index in [2.05, 4.69) is 10.0 Å². The Bertz CT molecular complexity index is 811. The first-order valence-electron chi connectivity index (χ1n) is 8.87. The summed E-state index contributed by atoms with van der Waals surface area (Å²) < 4.78 is 36.9. The van der Waals surface area contributed by atoms with Crippen molar-refractivity contribution in [2.24, 2.45) is 0 Å². The fraction of sp³-hybridized carbons (Fsp3) is 0.529. The van der Waals surface area contributed by atoms with E-state index in [0.717, 1.165) is 13.0 Å². The molecule has 9 nitrogen and oxygen atoms in total. The SMILES string of the molecule is O=C(NCCS(=O)(=O)NCCCN1CCCC1=O)c1ccc2c(c1)OCO2. The second-order valence-electron chi connectivity index (χ2n) is 6.38. The Morgan fingerprint density at radius 1 is 1.19 bits per heavy atom. The maximum atomic E-state index is 12.1. The maximum Gasteiger partial charge on any atom is 0.251 e. The highest BCUT2D eigenvalue weighted by atomic mass is 32.2. The van der Waals surface area contributed by atoms with E-state index in [1.807, 2.05) is 0 Å². The molecule has 0 unspecified atom stereocenters. The van der Waals surface area contributed by atoms with E-state index >= 15 is 0 Å². The number of amides is 2. The second kappa shape index (κ2) is 8.57. The minimum atomic E-state index is -3.49. The van der Waals surface area contributed by atoms with Gasteiger partial charge in [-0.1, -0.05) is 0 Å². The Balaban J connectivity index is 1.36. The molecule has 0 aliphatic carbocycles. The number of carbonyl (C=O) groups excluding carboxylic acids is 2. The lowest BCUT2D eigenvalue weighted by molar-refractivity contribution is -0.127. The van der Waals surface area contributed by atoms with Crippen LogP contribution in [0.4, 0.5) is 0 Å². The van der Waals surface area contributed by atoms with Crippen LogP contribution >= 0.6 is 0 Å². The quantitative estimate of drug-likeness (QED) is 0.571. The molecule has 0 radical (unpaired) electrons. The topological polar surface area (TPSA) is 114 Å². The molecule has 1 aromatic rings. The molecule has 1 saturated heterocycles. The summed E-state index contributed by atoms with van der Waals surface area (Å²) in [5, 5.41) is 2.58. The van der Waals surface area contributed by atoms with Gasteiger partial charge in [-0.05, 0) is 31.0 Å². The Hall–Kier alpha value is -2.33. The number of benzene rings is 1. The number of hydrogen-bond donors (Lipinski definition) is 2. The minimum absolute atomic E-state index is 0.00673. The molecule has 1 aromatic carbocycles. The van der Waals surface area contributed by atoms with Gasteiger partial charge in [0.1, 0.15) is 0 Å². The van der Waals surface area contributed by atoms with E-state index in [1.54, 1.807) is 23.1 Å². The number of nitrogens with zero attached hydrogens (tertiary/aromatic N) is 1. The van der Waals surface area contributed by atoms with E-state index in [4.69, 9.17) is 9.47 Å². The van der Waals surface area contributed by atoms with Crippen molar-refractivity contribution in [3.8, 4) is 11.5 Å². The molecule has 0 saturated carbocycles. The number of carbonyl (C=O) groups is 2. The van der Waals surface area contributed by atoms with Crippen molar-refractivity contribution in [3.05, 3.63) is 23.8 Å². The van der Waals surface area contributed by atoms with Gasteiger partial charge in [-0.25, -0.2) is 13.1 Å². The van der Waals surface area contributed by atoms with Crippen LogP contribution in [0.15, 0.2) is 18.2 Å². The number of sulfonamides is 1. The highest BCUT2D eigenvalue weighted by Crippen LogP contribution is 2.32. The standard InChI is InChI=1S/C17H23N3O6S/c21-16-3-1-8-20(16)9-2-6-19-27(23,24)10-7-18-17(22)13-4-5-14-15(11-13)26-12-25-14/h4-5,11,19H,1-3,6-10,12H2,(H,18,22). The average Bonchev–Trinajstić information content (AvgIpc) is 3.26. The van der Waals surface area contributed by atoms with E-state index in [1.165, 1.54) is 0 Å². The number of hydrogen-bond acceptors (Lipinski definition) is 6. The van der Waals surface area contributed by atoms with Gasteiger partial charge in [-0.3, -0.25) is 9.59 Å². The molecular formula is C17H23N3O6S. The summed E-state index contributed by atoms with van der Waals surface area (Å²) in [6.07, 6.45) is 2.01. The average molecular weight is 397 g/mol. The third kappa shape index (κ3) is 5.33. The van der Waals surface area contributed by atoms with Crippen LogP contribution in [0.25, 0.3) is 0 Å². The molecule has 3 rings (SSSR count). The Kier molecular flexibility index (Phi) is 6.17. The molecule has 0 spiro atoms. The van der Waals surface area contributed by atoms with Crippen molar-refractivity contribution in [1.82, 2.24) is 14.9 Å². The van der Waals surface area contributed by atoms with Gasteiger partial charge >= 0.3 is 0 Å². The second-order valence-corrected chi connectivity index (χ2v) is 8.30. The van der Waals surface area contributed by atoms with Crippen molar-refractivity contribution in [2.45, 2.75) is 19.3 Å². The molecule has 10 heteroatoms. The van der Waals surface area contributed by atoms with E-state index in [9.17, 15) is 18.0 Å². The zero-order valence-corrected chi connectivity index (χ0v) is 15.7. The van der Waals surface area contributed by atoms with Crippen LogP contribution in [0.5, 0.6) is 11.5 Å². The molecule has 0 aromatic heterocycles. The summed E-state index contributed by atoms with van der Waals surface area (Å²) in [6.45, 7) is 1.69. The van der Waals surface area contributed by atoms with Crippen molar-refractivity contribution < 1.29 is 27.5 Å². The monoisotopic (exact) mass is 397 g/mol. The summed E-state index contributed by atoms with van der Waals surface area (Å²) in [6, 6.07) is 4.79. The first-order valence-corrected chi connectivity index (χ1v) is 10.5. The molecule has 0 atom stereocenters. The van der Waals surface area contributed by atoms with Crippen LogP contribution in [-0.2, 0) is 14.8 Å². The number of rotatable bonds is 9. The van der Waals surface area contributed by atoms with E-state index < -0.39 is 10.0 Å². The van der Waals surface area contributed by atoms with Crippen molar-refractivity contribution in [2.75, 3.05) is 38.7 Å². The van der Waals surface area contributed by atoms with Crippen LogP contribution < -0.4 is 19.5 Å². The first kappa shape index (κ1) is 19.4. The Morgan fingerprint density at radius 2 is 2.00 bits per heavy atom. The molecule has 2 N–H and O–H groups in total. The Labute approximate surface area is 158 Å². The van der Waals surface area contributed by atoms with Crippen LogP contribution in [0.2, 0.25) is 0 Å². The molecular weight excluding hydrogens is 374 g/mol. The number of fused-ring (bicyclic) bond motifs is 1. The summed E-state index contributed by atoms with van der Waals surface area (Å²) in [5.41, 5.74) is 0.375. The predicted molar refractivity (Wildman–Crippen MR) is 97.1 cm³/mol. The Morgan fingerprint density at radius 3 is 2.78 bits per heavy atom. The predicted octanol–water partition coefficient (Wildman–Crippen LogP) is 0.0770. The fourth-order valence-electron chi connectivity index (χ4n) is 2.95. The number of nitrogens with one attached hydrogen (secondary N) is 2. The van der Waals surface area contributed by atoms with Crippen LogP contribution in [0.1, 0.15) is 29.6 Å². The van der Waals surface area contributed by atoms with Crippen molar-refractivity contribution in [1.29, 1.82) is 0 Å². The molecule has 2 aliphatic rings. The van der Waals surface area contributed by atoms with Crippen molar-refractivity contribution >= 4 is 21.8 Å². The largest absolute Gasteiger partial charge is 0.454 e. The molecule has 0 bridgehead atoms. The van der Waals surface area contributed by atoms with Gasteiger partial charge < -0.3 is 19.7 Å². The zero-order valence-electron chi connectivity index (χ0n) is 14.9. The third-order valence-corrected chi connectivity index (χ3v) is 5.77. The molecule has 1 fully saturated rings. The van der Waals surface area contributed by atoms with Crippen molar-refractivity contribution in [3.63, 3.8) is 0 Å². The summed E-state index contributed by atoms with van der Waals surface area (Å²) in [5.74, 6) is 0.605. The highest BCUT2D eigenvalue weighted by molar-refractivity contribution is 7.89.